The molecule has 0 aliphatic carbocycles. The summed E-state index contributed by atoms with van der Waals surface area (Å²) in [5.41, 5.74) is 28.7. The zero-order valence-electron chi connectivity index (χ0n) is 55.9. The number of fused-ring (bicyclic) bond motifs is 10. The van der Waals surface area contributed by atoms with Crippen molar-refractivity contribution < 1.29 is 0 Å². The molecule has 2 unspecified atom stereocenters. The summed E-state index contributed by atoms with van der Waals surface area (Å²) in [7, 11) is 0. The van der Waals surface area contributed by atoms with Gasteiger partial charge in [0.15, 0.2) is 0 Å². The molecule has 17 aromatic rings. The first-order valence-electron chi connectivity index (χ1n) is 35.4. The van der Waals surface area contributed by atoms with Gasteiger partial charge in [-0.25, -0.2) is 0 Å². The minimum absolute atomic E-state index is 1.11. The number of anilines is 18. The maximum atomic E-state index is 2.81. The topological polar surface area (TPSA) is 29.3 Å². The zero-order valence-corrected chi connectivity index (χ0v) is 60.1. The van der Waals surface area contributed by atoms with Gasteiger partial charge in [0, 0.05) is 0 Å². The molecule has 8 heterocycles. The van der Waals surface area contributed by atoms with Gasteiger partial charge in [0.2, 0.25) is 0 Å². The molecular weight excluding hydrogens is 1360 g/mol. The van der Waals surface area contributed by atoms with E-state index in [0.29, 0.717) is 0 Å². The zero-order chi connectivity index (χ0) is 66.8. The van der Waals surface area contributed by atoms with Crippen LogP contribution in [0.15, 0.2) is 340 Å². The van der Waals surface area contributed by atoms with Crippen molar-refractivity contribution >= 4 is 199 Å². The van der Waals surface area contributed by atoms with Crippen molar-refractivity contribution in [1.82, 2.24) is 9.13 Å². The minimum atomic E-state index is -4.47. The molecule has 0 radical (unpaired) electrons. The second kappa shape index (κ2) is 20.7. The van der Waals surface area contributed by atoms with Crippen molar-refractivity contribution in [3.05, 3.63) is 340 Å². The maximum absolute atomic E-state index is 4.47. The van der Waals surface area contributed by atoms with Crippen LogP contribution in [-0.4, -0.2) is 35.7 Å². The number of para-hydroxylation sites is 10. The first kappa shape index (κ1) is 56.6. The van der Waals surface area contributed by atoms with Crippen molar-refractivity contribution in [3.63, 3.8) is 0 Å². The quantitative estimate of drug-likeness (QED) is 0.141. The first-order valence-corrected chi connectivity index (χ1v) is 45.9. The predicted molar refractivity (Wildman–Crippen MR) is 431 cm³/mol. The Kier molecular flexibility index (Phi) is 11.5. The summed E-state index contributed by atoms with van der Waals surface area (Å²) in [5, 5.41) is 4.97. The number of benzene rings is 15. The van der Waals surface area contributed by atoms with E-state index >= 15 is 0 Å². The summed E-state index contributed by atoms with van der Waals surface area (Å²) in [5.74, 6) is 5.63. The standard InChI is InChI=1S/C92H62Ge2N8/c1-93-81-71-53-31-55-73(81)99(63-41-19-7-20-42-63)89-85(93)91(101(65-45-23-9-24-46-65)77-57-75-79(87(83(77)93)97(71)61-37-15-5-16-38-61)67-49-27-29-51-69(67)95(75)59-33-11-3-12-34-59)90-86-92(89)102(66-47-25-10-26-48-66)78-58-76-80(68-50-28-30-52-70(68)96(76)60-35-13-4-14-36-60)88-84(78)94(86,2)82-72(98(88)62-39-17-6-18-40-62)54-32-56-74(82)100(90)64-43-21-8-22-44-64/h3-58H,1-2H3. The molecule has 0 spiro atoms. The van der Waals surface area contributed by atoms with Crippen molar-refractivity contribution in [2.24, 2.45) is 0 Å². The van der Waals surface area contributed by atoms with Gasteiger partial charge in [-0.1, -0.05) is 0 Å². The molecule has 478 valence electrons. The van der Waals surface area contributed by atoms with Crippen molar-refractivity contribution in [1.29, 1.82) is 0 Å². The van der Waals surface area contributed by atoms with Crippen LogP contribution in [0.3, 0.4) is 0 Å². The van der Waals surface area contributed by atoms with Crippen molar-refractivity contribution in [3.8, 4) is 11.4 Å². The van der Waals surface area contributed by atoms with Crippen LogP contribution >= 0.6 is 0 Å². The van der Waals surface area contributed by atoms with Gasteiger partial charge in [-0.2, -0.15) is 0 Å². The summed E-state index contributed by atoms with van der Waals surface area (Å²) >= 11 is -8.94. The van der Waals surface area contributed by atoms with Gasteiger partial charge in [-0.15, -0.1) is 0 Å². The van der Waals surface area contributed by atoms with Gasteiger partial charge in [-0.05, 0) is 0 Å². The van der Waals surface area contributed by atoms with Crippen LogP contribution in [0.5, 0.6) is 0 Å². The van der Waals surface area contributed by atoms with E-state index in [1.807, 2.05) is 0 Å². The molecule has 10 heteroatoms. The molecule has 0 saturated heterocycles. The molecule has 6 aliphatic heterocycles. The third kappa shape index (κ3) is 7.07. The van der Waals surface area contributed by atoms with Crippen LogP contribution in [0.25, 0.3) is 55.0 Å². The van der Waals surface area contributed by atoms with Gasteiger partial charge >= 0.3 is 600 Å². The van der Waals surface area contributed by atoms with E-state index in [1.165, 1.54) is 138 Å². The molecule has 8 nitrogen and oxygen atoms in total. The molecule has 0 bridgehead atoms. The van der Waals surface area contributed by atoms with E-state index in [-0.39, 0.29) is 0 Å². The normalized spacial score (nSPS) is 16.7. The Labute approximate surface area is 595 Å². The number of aromatic nitrogens is 2. The van der Waals surface area contributed by atoms with Crippen LogP contribution < -0.4 is 55.8 Å². The SMILES string of the molecule is [CH3][Ge]12[c]3c4cccc3N(c3ccccc3)c3[c]1c(cc1c3c3ccccc3n1-c1ccccc1)N(c1ccccc1)c1c3[c]5c(c([c]12)N4c1ccccc1)N(c1ccccc1)c1cc2c(c4[c]1[Ge]5([CH3])[c]1c(cccc1N4c1ccccc1)N3c1ccccc1)c1ccccc1n2-c1ccccc1. The molecule has 102 heavy (non-hydrogen) atoms. The van der Waals surface area contributed by atoms with Crippen LogP contribution in [0.1, 0.15) is 0 Å². The van der Waals surface area contributed by atoms with E-state index in [2.05, 4.69) is 390 Å². The molecule has 15 aromatic carbocycles. The predicted octanol–water partition coefficient (Wildman–Crippen LogP) is 20.8. The van der Waals surface area contributed by atoms with Gasteiger partial charge in [0.05, 0.1) is 0 Å². The van der Waals surface area contributed by atoms with E-state index in [9.17, 15) is 0 Å². The molecule has 2 aromatic heterocycles. The third-order valence-electron chi connectivity index (χ3n) is 23.2. The molecular formula is C92H62Ge2N8. The molecule has 0 N–H and O–H groups in total. The average molecular weight is 1420 g/mol. The fraction of sp³-hybridized carbons (Fsp3) is 0.0217. The Hall–Kier alpha value is -12.2. The van der Waals surface area contributed by atoms with Gasteiger partial charge in [0.25, 0.3) is 0 Å². The van der Waals surface area contributed by atoms with Crippen molar-refractivity contribution in [2.75, 3.05) is 29.4 Å². The average Bonchev–Trinajstić information content (AvgIpc) is 1.35. The van der Waals surface area contributed by atoms with E-state index in [0.717, 1.165) is 45.5 Å². The summed E-state index contributed by atoms with van der Waals surface area (Å²) in [4.78, 5) is 16.5. The Morgan fingerprint density at radius 2 is 0.422 bits per heavy atom. The monoisotopic (exact) mass is 1430 g/mol. The van der Waals surface area contributed by atoms with Gasteiger partial charge < -0.3 is 0 Å². The Bertz CT molecular complexity index is 6040. The van der Waals surface area contributed by atoms with Crippen molar-refractivity contribution in [2.45, 2.75) is 11.5 Å². The summed E-state index contributed by atoms with van der Waals surface area (Å²) in [6, 6.07) is 129. The Balaban J connectivity index is 1.00. The van der Waals surface area contributed by atoms with Crippen LogP contribution in [0.4, 0.5) is 102 Å². The molecule has 6 aliphatic rings. The fourth-order valence-corrected chi connectivity index (χ4v) is 40.5. The second-order valence-corrected chi connectivity index (χ2v) is 43.9. The van der Waals surface area contributed by atoms with Crippen LogP contribution in [-0.2, 0) is 0 Å². The van der Waals surface area contributed by atoms with Gasteiger partial charge in [0.1, 0.15) is 0 Å². The van der Waals surface area contributed by atoms with E-state index < -0.39 is 26.5 Å². The first-order chi connectivity index (χ1) is 50.5. The van der Waals surface area contributed by atoms with Crippen LogP contribution in [0, 0.1) is 0 Å². The summed E-state index contributed by atoms with van der Waals surface area (Å²) in [6.45, 7) is 0. The summed E-state index contributed by atoms with van der Waals surface area (Å²) in [6.07, 6.45) is 0. The van der Waals surface area contributed by atoms with E-state index in [4.69, 9.17) is 0 Å². The van der Waals surface area contributed by atoms with Crippen LogP contribution in [0.2, 0.25) is 11.5 Å². The number of hydrogen-bond acceptors (Lipinski definition) is 6. The fourth-order valence-electron chi connectivity index (χ4n) is 19.6. The number of rotatable bonds is 8. The molecule has 23 rings (SSSR count). The molecule has 0 fully saturated rings. The summed E-state index contributed by atoms with van der Waals surface area (Å²) < 4.78 is 13.8. The Morgan fingerprint density at radius 3 is 0.706 bits per heavy atom. The Morgan fingerprint density at radius 1 is 0.186 bits per heavy atom. The van der Waals surface area contributed by atoms with E-state index in [1.54, 1.807) is 0 Å². The molecule has 2 atom stereocenters. The molecule has 0 saturated carbocycles. The second-order valence-electron chi connectivity index (χ2n) is 28.2. The number of hydrogen-bond donors (Lipinski definition) is 0. The third-order valence-corrected chi connectivity index (χ3v) is 42.0. The number of nitrogens with zero attached hydrogens (tertiary/aromatic N) is 8. The van der Waals surface area contributed by atoms with Gasteiger partial charge in [-0.3, -0.25) is 0 Å². The molecule has 0 amide bonds.